The van der Waals surface area contributed by atoms with E-state index in [0.717, 1.165) is 31.5 Å². The number of aliphatic imine (C=N–C) groups is 1. The van der Waals surface area contributed by atoms with Crippen molar-refractivity contribution >= 4 is 18.0 Å². The molecule has 32 heavy (non-hydrogen) atoms. The van der Waals surface area contributed by atoms with Crippen LogP contribution in [0.15, 0.2) is 35.3 Å². The summed E-state index contributed by atoms with van der Waals surface area (Å²) < 4.78 is 5.43. The quantitative estimate of drug-likeness (QED) is 0.462. The van der Waals surface area contributed by atoms with Gasteiger partial charge in [0.15, 0.2) is 5.96 Å². The summed E-state index contributed by atoms with van der Waals surface area (Å²) in [6.45, 7) is 11.3. The summed E-state index contributed by atoms with van der Waals surface area (Å²) in [5, 5.41) is 9.72. The van der Waals surface area contributed by atoms with Crippen molar-refractivity contribution in [3.05, 3.63) is 35.9 Å². The lowest BCUT2D eigenvalue weighted by Gasteiger charge is -2.34. The molecule has 1 fully saturated rings. The van der Waals surface area contributed by atoms with E-state index < -0.39 is 11.7 Å². The fourth-order valence-corrected chi connectivity index (χ4v) is 3.58. The molecule has 1 aliphatic rings. The predicted octanol–water partition coefficient (Wildman–Crippen LogP) is 3.06. The summed E-state index contributed by atoms with van der Waals surface area (Å²) in [4.78, 5) is 30.8. The number of carbonyl (C=O) groups is 2. The van der Waals surface area contributed by atoms with E-state index in [1.807, 2.05) is 69.9 Å². The number of guanidine groups is 1. The lowest BCUT2D eigenvalue weighted by Crippen LogP contribution is -2.51. The maximum Gasteiger partial charge on any atom is 0.408 e. The average Bonchev–Trinajstić information content (AvgIpc) is 2.74. The van der Waals surface area contributed by atoms with Crippen LogP contribution in [0.25, 0.3) is 0 Å². The first-order valence-electron chi connectivity index (χ1n) is 11.4. The molecule has 0 radical (unpaired) electrons. The number of ether oxygens (including phenoxy) is 1. The third-order valence-electron chi connectivity index (χ3n) is 5.23. The van der Waals surface area contributed by atoms with Gasteiger partial charge < -0.3 is 25.6 Å². The normalized spacial score (nSPS) is 16.5. The lowest BCUT2D eigenvalue weighted by atomic mass is 10.0. The number of nitrogens with zero attached hydrogens (tertiary/aromatic N) is 2. The Kier molecular flexibility index (Phi) is 9.35. The van der Waals surface area contributed by atoms with Gasteiger partial charge in [-0.1, -0.05) is 44.2 Å². The van der Waals surface area contributed by atoms with Crippen molar-refractivity contribution in [2.45, 2.75) is 65.1 Å². The molecular formula is C24H39N5O3. The number of hydrogen-bond acceptors (Lipinski definition) is 4. The number of rotatable bonds is 6. The number of nitrogens with one attached hydrogen (secondary N) is 3. The molecule has 0 saturated carbocycles. The van der Waals surface area contributed by atoms with Crippen LogP contribution in [0.4, 0.5) is 4.79 Å². The minimum atomic E-state index is -0.567. The van der Waals surface area contributed by atoms with Crippen molar-refractivity contribution in [2.75, 3.05) is 26.7 Å². The Morgan fingerprint density at radius 2 is 1.78 bits per heavy atom. The molecule has 8 nitrogen and oxygen atoms in total. The molecule has 178 valence electrons. The second kappa shape index (κ2) is 11.7. The summed E-state index contributed by atoms with van der Waals surface area (Å²) >= 11 is 0. The molecule has 3 N–H and O–H groups in total. The lowest BCUT2D eigenvalue weighted by molar-refractivity contribution is -0.135. The molecule has 0 bridgehead atoms. The van der Waals surface area contributed by atoms with Gasteiger partial charge in [-0.15, -0.1) is 0 Å². The molecule has 2 rings (SSSR count). The molecule has 1 unspecified atom stereocenters. The number of amides is 2. The fourth-order valence-electron chi connectivity index (χ4n) is 3.58. The molecule has 1 aromatic rings. The summed E-state index contributed by atoms with van der Waals surface area (Å²) in [6, 6.07) is 9.74. The van der Waals surface area contributed by atoms with Crippen molar-refractivity contribution in [3.63, 3.8) is 0 Å². The number of hydrogen-bond donors (Lipinski definition) is 3. The van der Waals surface area contributed by atoms with E-state index in [0.29, 0.717) is 12.5 Å². The summed E-state index contributed by atoms with van der Waals surface area (Å²) in [5.74, 6) is 0.914. The summed E-state index contributed by atoms with van der Waals surface area (Å²) in [5.41, 5.74) is 0.407. The molecule has 8 heteroatoms. The second-order valence-corrected chi connectivity index (χ2v) is 9.46. The molecule has 1 aliphatic heterocycles. The molecular weight excluding hydrogens is 406 g/mol. The number of piperidine rings is 1. The largest absolute Gasteiger partial charge is 0.444 e. The van der Waals surface area contributed by atoms with Crippen LogP contribution in [0.5, 0.6) is 0 Å². The van der Waals surface area contributed by atoms with E-state index in [9.17, 15) is 9.59 Å². The van der Waals surface area contributed by atoms with Crippen LogP contribution in [0.1, 0.15) is 59.1 Å². The van der Waals surface area contributed by atoms with Crippen LogP contribution in [0.3, 0.4) is 0 Å². The number of likely N-dealkylation sites (tertiary alicyclic amines) is 1. The first-order chi connectivity index (χ1) is 15.1. The maximum absolute atomic E-state index is 12.4. The van der Waals surface area contributed by atoms with Gasteiger partial charge in [0.05, 0.1) is 6.04 Å². The van der Waals surface area contributed by atoms with E-state index in [2.05, 4.69) is 20.9 Å². The van der Waals surface area contributed by atoms with Crippen LogP contribution in [0, 0.1) is 5.92 Å². The number of alkyl carbamates (subject to hydrolysis) is 1. The highest BCUT2D eigenvalue weighted by molar-refractivity contribution is 5.80. The highest BCUT2D eigenvalue weighted by Crippen LogP contribution is 2.15. The van der Waals surface area contributed by atoms with Crippen molar-refractivity contribution < 1.29 is 14.3 Å². The molecule has 0 aromatic heterocycles. The maximum atomic E-state index is 12.4. The van der Waals surface area contributed by atoms with Crippen molar-refractivity contribution in [1.29, 1.82) is 0 Å². The minimum absolute atomic E-state index is 0.0290. The van der Waals surface area contributed by atoms with Crippen LogP contribution >= 0.6 is 0 Å². The van der Waals surface area contributed by atoms with Gasteiger partial charge in [0.25, 0.3) is 0 Å². The Balaban J connectivity index is 1.93. The molecule has 1 atom stereocenters. The number of carbonyl (C=O) groups excluding carboxylic acids is 2. The Hall–Kier alpha value is -2.77. The molecule has 2 amide bonds. The van der Waals surface area contributed by atoms with E-state index >= 15 is 0 Å². The third kappa shape index (κ3) is 8.40. The zero-order chi connectivity index (χ0) is 23.7. The van der Waals surface area contributed by atoms with Crippen LogP contribution in [0.2, 0.25) is 0 Å². The van der Waals surface area contributed by atoms with Gasteiger partial charge in [-0.25, -0.2) is 4.79 Å². The Labute approximate surface area is 192 Å². The van der Waals surface area contributed by atoms with Crippen molar-refractivity contribution in [1.82, 2.24) is 20.9 Å². The first-order valence-corrected chi connectivity index (χ1v) is 11.4. The molecule has 0 aliphatic carbocycles. The zero-order valence-electron chi connectivity index (χ0n) is 20.3. The van der Waals surface area contributed by atoms with Gasteiger partial charge >= 0.3 is 6.09 Å². The average molecular weight is 446 g/mol. The summed E-state index contributed by atoms with van der Waals surface area (Å²) in [7, 11) is 1.73. The van der Waals surface area contributed by atoms with Crippen molar-refractivity contribution in [2.24, 2.45) is 10.9 Å². The van der Waals surface area contributed by atoms with Crippen molar-refractivity contribution in [3.8, 4) is 0 Å². The van der Waals surface area contributed by atoms with Crippen LogP contribution in [-0.4, -0.2) is 61.2 Å². The molecule has 1 aromatic carbocycles. The van der Waals surface area contributed by atoms with E-state index in [-0.39, 0.29) is 23.9 Å². The van der Waals surface area contributed by atoms with Gasteiger partial charge in [0, 0.05) is 38.6 Å². The SMILES string of the molecule is CN=C(NCC(NC(=O)OC(C)(C)C)c1ccccc1)NC1CCN(C(=O)C(C)C)CC1. The van der Waals surface area contributed by atoms with E-state index in [1.54, 1.807) is 7.05 Å². The third-order valence-corrected chi connectivity index (χ3v) is 5.23. The Morgan fingerprint density at radius 1 is 1.16 bits per heavy atom. The summed E-state index contributed by atoms with van der Waals surface area (Å²) in [6.07, 6.45) is 1.28. The van der Waals surface area contributed by atoms with E-state index in [1.165, 1.54) is 0 Å². The molecule has 1 heterocycles. The predicted molar refractivity (Wildman–Crippen MR) is 127 cm³/mol. The Bertz CT molecular complexity index is 766. The molecule has 1 saturated heterocycles. The van der Waals surface area contributed by atoms with Gasteiger partial charge in [-0.05, 0) is 39.2 Å². The van der Waals surface area contributed by atoms with Gasteiger partial charge in [0.1, 0.15) is 5.60 Å². The second-order valence-electron chi connectivity index (χ2n) is 9.46. The topological polar surface area (TPSA) is 95.1 Å². The minimum Gasteiger partial charge on any atom is -0.444 e. The van der Waals surface area contributed by atoms with Gasteiger partial charge in [-0.3, -0.25) is 9.79 Å². The van der Waals surface area contributed by atoms with Crippen LogP contribution in [-0.2, 0) is 9.53 Å². The van der Waals surface area contributed by atoms with E-state index in [4.69, 9.17) is 4.74 Å². The first kappa shape index (κ1) is 25.5. The Morgan fingerprint density at radius 3 is 2.31 bits per heavy atom. The smallest absolute Gasteiger partial charge is 0.408 e. The highest BCUT2D eigenvalue weighted by Gasteiger charge is 2.25. The van der Waals surface area contributed by atoms with Gasteiger partial charge in [0.2, 0.25) is 5.91 Å². The fraction of sp³-hybridized carbons (Fsp3) is 0.625. The van der Waals surface area contributed by atoms with Crippen LogP contribution < -0.4 is 16.0 Å². The zero-order valence-corrected chi connectivity index (χ0v) is 20.3. The monoisotopic (exact) mass is 445 g/mol. The highest BCUT2D eigenvalue weighted by atomic mass is 16.6. The standard InChI is InChI=1S/C24H39N5O3/c1-17(2)21(30)29-14-12-19(13-15-29)27-22(25-6)26-16-20(18-10-8-7-9-11-18)28-23(31)32-24(3,4)5/h7-11,17,19-20H,12-16H2,1-6H3,(H,28,31)(H2,25,26,27). The number of benzene rings is 1. The molecule has 0 spiro atoms. The van der Waals surface area contributed by atoms with Gasteiger partial charge in [-0.2, -0.15) is 0 Å².